The van der Waals surface area contributed by atoms with Crippen molar-refractivity contribution in [1.29, 1.82) is 0 Å². The average molecular weight is 395 g/mol. The number of rotatable bonds is 6. The van der Waals surface area contributed by atoms with Crippen LogP contribution in [0.3, 0.4) is 0 Å². The van der Waals surface area contributed by atoms with Crippen molar-refractivity contribution in [2.45, 2.75) is 31.2 Å². The lowest BCUT2D eigenvalue weighted by Gasteiger charge is -2.21. The first-order valence-electron chi connectivity index (χ1n) is 5.31. The van der Waals surface area contributed by atoms with E-state index in [2.05, 4.69) is 20.7 Å². The molecule has 0 amide bonds. The fourth-order valence-electron chi connectivity index (χ4n) is 1.42. The van der Waals surface area contributed by atoms with Crippen molar-refractivity contribution >= 4 is 60.5 Å². The van der Waals surface area contributed by atoms with E-state index >= 15 is 0 Å². The Kier molecular flexibility index (Phi) is 6.41. The van der Waals surface area contributed by atoms with E-state index in [0.717, 1.165) is 16.7 Å². The van der Waals surface area contributed by atoms with Gasteiger partial charge in [-0.3, -0.25) is 0 Å². The maximum absolute atomic E-state index is 12.2. The summed E-state index contributed by atoms with van der Waals surface area (Å²) < 4.78 is 27.6. The Labute approximate surface area is 130 Å². The molecule has 1 aromatic heterocycles. The molecule has 0 spiro atoms. The number of nitrogens with one attached hydrogen (secondary N) is 1. The number of hydrogen-bond donors (Lipinski definition) is 1. The van der Waals surface area contributed by atoms with Gasteiger partial charge in [0.15, 0.2) is 0 Å². The molecule has 1 aromatic rings. The molecule has 18 heavy (non-hydrogen) atoms. The molecule has 0 radical (unpaired) electrons. The fraction of sp³-hybridized carbons (Fsp3) is 0.600. The van der Waals surface area contributed by atoms with Crippen LogP contribution in [0, 0.1) is 5.92 Å². The lowest BCUT2D eigenvalue weighted by atomic mass is 10.0. The summed E-state index contributed by atoms with van der Waals surface area (Å²) in [5.74, 6) is 0.199. The molecule has 1 N–H and O–H groups in total. The Morgan fingerprint density at radius 1 is 1.44 bits per heavy atom. The minimum absolute atomic E-state index is 0.0550. The van der Waals surface area contributed by atoms with Gasteiger partial charge in [-0.15, -0.1) is 11.3 Å². The van der Waals surface area contributed by atoms with Crippen molar-refractivity contribution in [1.82, 2.24) is 4.72 Å². The summed E-state index contributed by atoms with van der Waals surface area (Å²) >= 11 is 16.0. The van der Waals surface area contributed by atoms with Crippen LogP contribution in [-0.4, -0.2) is 19.8 Å². The van der Waals surface area contributed by atoms with Crippen LogP contribution in [-0.2, 0) is 10.0 Å². The summed E-state index contributed by atoms with van der Waals surface area (Å²) in [6, 6.07) is 1.24. The standard InChI is InChI=1S/C10H14BrCl2NO2S2/c1-6(2)7(3-4-11)14-18(15,16)8-5-9(12)17-10(8)13/h5-7,14H,3-4H2,1-2H3. The third kappa shape index (κ3) is 4.35. The summed E-state index contributed by atoms with van der Waals surface area (Å²) in [6.07, 6.45) is 0.715. The second kappa shape index (κ2) is 6.90. The monoisotopic (exact) mass is 393 g/mol. The summed E-state index contributed by atoms with van der Waals surface area (Å²) in [7, 11) is -3.61. The van der Waals surface area contributed by atoms with Crippen LogP contribution in [0.1, 0.15) is 20.3 Å². The molecule has 0 aromatic carbocycles. The summed E-state index contributed by atoms with van der Waals surface area (Å²) in [5.41, 5.74) is 0. The van der Waals surface area contributed by atoms with E-state index in [9.17, 15) is 8.42 Å². The van der Waals surface area contributed by atoms with Crippen LogP contribution in [0.15, 0.2) is 11.0 Å². The zero-order valence-electron chi connectivity index (χ0n) is 9.91. The summed E-state index contributed by atoms with van der Waals surface area (Å²) in [4.78, 5) is 0.0550. The van der Waals surface area contributed by atoms with E-state index in [1.807, 2.05) is 13.8 Å². The third-order valence-corrected chi connectivity index (χ3v) is 6.15. The molecule has 0 saturated carbocycles. The predicted octanol–water partition coefficient (Wildman–Crippen LogP) is 4.14. The Balaban J connectivity index is 2.97. The zero-order valence-corrected chi connectivity index (χ0v) is 14.6. The Bertz CT molecular complexity index is 502. The second-order valence-electron chi connectivity index (χ2n) is 4.14. The number of halogens is 3. The molecular formula is C10H14BrCl2NO2S2. The van der Waals surface area contributed by atoms with Crippen LogP contribution in [0.25, 0.3) is 0 Å². The van der Waals surface area contributed by atoms with Gasteiger partial charge < -0.3 is 0 Å². The van der Waals surface area contributed by atoms with Crippen molar-refractivity contribution in [3.63, 3.8) is 0 Å². The minimum Gasteiger partial charge on any atom is -0.208 e. The van der Waals surface area contributed by atoms with E-state index in [-0.39, 0.29) is 21.2 Å². The lowest BCUT2D eigenvalue weighted by molar-refractivity contribution is 0.440. The van der Waals surface area contributed by atoms with Crippen molar-refractivity contribution in [3.05, 3.63) is 14.7 Å². The summed E-state index contributed by atoms with van der Waals surface area (Å²) in [5, 5.41) is 0.733. The van der Waals surface area contributed by atoms with Crippen LogP contribution < -0.4 is 4.72 Å². The molecule has 8 heteroatoms. The average Bonchev–Trinajstić information content (AvgIpc) is 2.57. The van der Waals surface area contributed by atoms with Crippen LogP contribution in [0.5, 0.6) is 0 Å². The Hall–Kier alpha value is 0.670. The molecule has 0 fully saturated rings. The molecule has 1 atom stereocenters. The molecule has 0 aliphatic heterocycles. The smallest absolute Gasteiger partial charge is 0.208 e. The van der Waals surface area contributed by atoms with Crippen molar-refractivity contribution in [2.24, 2.45) is 5.92 Å². The van der Waals surface area contributed by atoms with E-state index in [0.29, 0.717) is 10.8 Å². The molecular weight excluding hydrogens is 381 g/mol. The van der Waals surface area contributed by atoms with Gasteiger partial charge in [-0.25, -0.2) is 13.1 Å². The summed E-state index contributed by atoms with van der Waals surface area (Å²) in [6.45, 7) is 3.94. The van der Waals surface area contributed by atoms with Crippen LogP contribution >= 0.6 is 50.5 Å². The largest absolute Gasteiger partial charge is 0.243 e. The first-order chi connectivity index (χ1) is 8.27. The van der Waals surface area contributed by atoms with Gasteiger partial charge in [0, 0.05) is 11.4 Å². The SMILES string of the molecule is CC(C)C(CCBr)NS(=O)(=O)c1cc(Cl)sc1Cl. The molecule has 1 unspecified atom stereocenters. The minimum atomic E-state index is -3.61. The normalized spacial score (nSPS) is 14.1. The molecule has 0 aliphatic carbocycles. The maximum Gasteiger partial charge on any atom is 0.243 e. The highest BCUT2D eigenvalue weighted by molar-refractivity contribution is 9.09. The van der Waals surface area contributed by atoms with Gasteiger partial charge >= 0.3 is 0 Å². The van der Waals surface area contributed by atoms with Crippen LogP contribution in [0.4, 0.5) is 0 Å². The Morgan fingerprint density at radius 3 is 2.44 bits per heavy atom. The van der Waals surface area contributed by atoms with Gasteiger partial charge in [-0.2, -0.15) is 0 Å². The molecule has 1 rings (SSSR count). The quantitative estimate of drug-likeness (QED) is 0.736. The number of hydrogen-bond acceptors (Lipinski definition) is 3. The molecule has 0 bridgehead atoms. The van der Waals surface area contributed by atoms with Gasteiger partial charge in [0.25, 0.3) is 0 Å². The first-order valence-corrected chi connectivity index (χ1v) is 9.48. The lowest BCUT2D eigenvalue weighted by Crippen LogP contribution is -2.38. The van der Waals surface area contributed by atoms with Gasteiger partial charge in [-0.05, 0) is 18.4 Å². The number of alkyl halides is 1. The molecule has 104 valence electrons. The molecule has 1 heterocycles. The topological polar surface area (TPSA) is 46.2 Å². The van der Waals surface area contributed by atoms with Gasteiger partial charge in [0.1, 0.15) is 9.23 Å². The highest BCUT2D eigenvalue weighted by Gasteiger charge is 2.25. The van der Waals surface area contributed by atoms with E-state index in [1.54, 1.807) is 0 Å². The van der Waals surface area contributed by atoms with Crippen molar-refractivity contribution in [2.75, 3.05) is 5.33 Å². The Morgan fingerprint density at radius 2 is 2.06 bits per heavy atom. The van der Waals surface area contributed by atoms with Crippen molar-refractivity contribution < 1.29 is 8.42 Å². The van der Waals surface area contributed by atoms with E-state index in [1.165, 1.54) is 6.07 Å². The zero-order chi connectivity index (χ0) is 13.9. The van der Waals surface area contributed by atoms with Crippen LogP contribution in [0.2, 0.25) is 8.67 Å². The molecule has 0 aliphatic rings. The van der Waals surface area contributed by atoms with E-state index in [4.69, 9.17) is 23.2 Å². The number of sulfonamides is 1. The van der Waals surface area contributed by atoms with E-state index < -0.39 is 10.0 Å². The van der Waals surface area contributed by atoms with Gasteiger partial charge in [0.2, 0.25) is 10.0 Å². The van der Waals surface area contributed by atoms with Crippen molar-refractivity contribution in [3.8, 4) is 0 Å². The second-order valence-corrected chi connectivity index (χ2v) is 8.90. The molecule has 3 nitrogen and oxygen atoms in total. The van der Waals surface area contributed by atoms with Gasteiger partial charge in [-0.1, -0.05) is 53.0 Å². The number of thiophene rings is 1. The van der Waals surface area contributed by atoms with Gasteiger partial charge in [0.05, 0.1) is 4.34 Å². The predicted molar refractivity (Wildman–Crippen MR) is 81.7 cm³/mol. The highest BCUT2D eigenvalue weighted by Crippen LogP contribution is 2.34. The molecule has 0 saturated heterocycles. The maximum atomic E-state index is 12.2. The third-order valence-electron chi connectivity index (χ3n) is 2.45. The highest BCUT2D eigenvalue weighted by atomic mass is 79.9. The fourth-order valence-corrected chi connectivity index (χ4v) is 5.48. The first kappa shape index (κ1) is 16.7.